The van der Waals surface area contributed by atoms with E-state index in [-0.39, 0.29) is 18.1 Å². The third kappa shape index (κ3) is 3.93. The highest BCUT2D eigenvalue weighted by atomic mass is 16.3. The van der Waals surface area contributed by atoms with Crippen molar-refractivity contribution in [2.24, 2.45) is 5.92 Å². The lowest BCUT2D eigenvalue weighted by molar-refractivity contribution is -0.122. The van der Waals surface area contributed by atoms with Crippen molar-refractivity contribution in [3.8, 4) is 0 Å². The fourth-order valence-corrected chi connectivity index (χ4v) is 3.67. The molecule has 3 unspecified atom stereocenters. The Bertz CT molecular complexity index is 307. The number of carbonyl (C=O) groups is 1. The Labute approximate surface area is 116 Å². The fourth-order valence-electron chi connectivity index (χ4n) is 3.67. The standard InChI is InChI=1S/C15H28N2O2/c1-11(2)16-15(19)8-10-17-9-4-6-13(17)12-5-3-7-14(12)18/h11-14,18H,3-10H2,1-2H3,(H,16,19). The van der Waals surface area contributed by atoms with Crippen molar-refractivity contribution in [1.29, 1.82) is 0 Å². The summed E-state index contributed by atoms with van der Waals surface area (Å²) in [4.78, 5) is 14.1. The monoisotopic (exact) mass is 268 g/mol. The molecule has 1 heterocycles. The van der Waals surface area contributed by atoms with Gasteiger partial charge in [-0.2, -0.15) is 0 Å². The second kappa shape index (κ2) is 6.71. The van der Waals surface area contributed by atoms with Gasteiger partial charge in [0.25, 0.3) is 0 Å². The number of rotatable bonds is 5. The highest BCUT2D eigenvalue weighted by molar-refractivity contribution is 5.76. The molecule has 0 radical (unpaired) electrons. The van der Waals surface area contributed by atoms with E-state index >= 15 is 0 Å². The SMILES string of the molecule is CC(C)NC(=O)CCN1CCCC1C1CCCC1O. The fraction of sp³-hybridized carbons (Fsp3) is 0.933. The van der Waals surface area contributed by atoms with Crippen LogP contribution in [0.1, 0.15) is 52.4 Å². The zero-order valence-corrected chi connectivity index (χ0v) is 12.3. The molecule has 0 aromatic heterocycles. The van der Waals surface area contributed by atoms with Crippen LogP contribution in [0.3, 0.4) is 0 Å². The van der Waals surface area contributed by atoms with Gasteiger partial charge >= 0.3 is 0 Å². The zero-order valence-electron chi connectivity index (χ0n) is 12.3. The van der Waals surface area contributed by atoms with Crippen LogP contribution >= 0.6 is 0 Å². The van der Waals surface area contributed by atoms with E-state index in [4.69, 9.17) is 0 Å². The van der Waals surface area contributed by atoms with E-state index in [1.807, 2.05) is 13.8 Å². The summed E-state index contributed by atoms with van der Waals surface area (Å²) in [5.74, 6) is 0.586. The maximum atomic E-state index is 11.7. The van der Waals surface area contributed by atoms with Gasteiger partial charge in [0.05, 0.1) is 6.10 Å². The molecule has 4 heteroatoms. The number of aliphatic hydroxyl groups is 1. The number of nitrogens with one attached hydrogen (secondary N) is 1. The predicted molar refractivity (Wildman–Crippen MR) is 75.8 cm³/mol. The number of likely N-dealkylation sites (tertiary alicyclic amines) is 1. The maximum Gasteiger partial charge on any atom is 0.221 e. The molecule has 1 saturated heterocycles. The third-order valence-electron chi connectivity index (χ3n) is 4.52. The molecule has 0 aromatic carbocycles. The molecule has 0 aromatic rings. The molecule has 0 spiro atoms. The van der Waals surface area contributed by atoms with Crippen LogP contribution in [0.15, 0.2) is 0 Å². The molecule has 110 valence electrons. The minimum Gasteiger partial charge on any atom is -0.393 e. The van der Waals surface area contributed by atoms with Crippen LogP contribution in [0.25, 0.3) is 0 Å². The lowest BCUT2D eigenvalue weighted by Crippen LogP contribution is -2.41. The lowest BCUT2D eigenvalue weighted by atomic mass is 9.94. The van der Waals surface area contributed by atoms with Crippen molar-refractivity contribution in [2.75, 3.05) is 13.1 Å². The van der Waals surface area contributed by atoms with Crippen molar-refractivity contribution in [1.82, 2.24) is 10.2 Å². The van der Waals surface area contributed by atoms with Crippen LogP contribution in [0.5, 0.6) is 0 Å². The number of hydrogen-bond donors (Lipinski definition) is 2. The van der Waals surface area contributed by atoms with Gasteiger partial charge in [0.15, 0.2) is 0 Å². The van der Waals surface area contributed by atoms with Gasteiger partial charge in [-0.1, -0.05) is 6.42 Å². The first-order chi connectivity index (χ1) is 9.08. The van der Waals surface area contributed by atoms with Gasteiger partial charge in [-0.15, -0.1) is 0 Å². The second-order valence-corrected chi connectivity index (χ2v) is 6.38. The smallest absolute Gasteiger partial charge is 0.221 e. The average molecular weight is 268 g/mol. The minimum atomic E-state index is -0.116. The number of nitrogens with zero attached hydrogens (tertiary/aromatic N) is 1. The van der Waals surface area contributed by atoms with Crippen molar-refractivity contribution >= 4 is 5.91 Å². The number of aliphatic hydroxyl groups excluding tert-OH is 1. The predicted octanol–water partition coefficient (Wildman–Crippen LogP) is 1.53. The van der Waals surface area contributed by atoms with Crippen LogP contribution in [0.4, 0.5) is 0 Å². The summed E-state index contributed by atoms with van der Waals surface area (Å²) < 4.78 is 0. The first-order valence-electron chi connectivity index (χ1n) is 7.79. The highest BCUT2D eigenvalue weighted by Crippen LogP contribution is 2.35. The molecule has 2 fully saturated rings. The molecule has 1 aliphatic carbocycles. The van der Waals surface area contributed by atoms with E-state index in [0.717, 1.165) is 32.4 Å². The summed E-state index contributed by atoms with van der Waals surface area (Å²) in [6.45, 7) is 5.91. The first kappa shape index (κ1) is 14.8. The number of hydrogen-bond acceptors (Lipinski definition) is 3. The van der Waals surface area contributed by atoms with Crippen molar-refractivity contribution in [2.45, 2.75) is 70.6 Å². The van der Waals surface area contributed by atoms with E-state index in [2.05, 4.69) is 10.2 Å². The van der Waals surface area contributed by atoms with Gasteiger partial charge in [0.2, 0.25) is 5.91 Å². The Morgan fingerprint density at radius 3 is 2.74 bits per heavy atom. The van der Waals surface area contributed by atoms with Crippen molar-refractivity contribution < 1.29 is 9.90 Å². The first-order valence-corrected chi connectivity index (χ1v) is 7.79. The van der Waals surface area contributed by atoms with Gasteiger partial charge in [-0.3, -0.25) is 9.69 Å². The average Bonchev–Trinajstić information content (AvgIpc) is 2.93. The minimum absolute atomic E-state index is 0.116. The summed E-state index contributed by atoms with van der Waals surface area (Å²) >= 11 is 0. The third-order valence-corrected chi connectivity index (χ3v) is 4.52. The summed E-state index contributed by atoms with van der Waals surface area (Å²) in [6.07, 6.45) is 6.13. The van der Waals surface area contributed by atoms with Crippen molar-refractivity contribution in [3.63, 3.8) is 0 Å². The van der Waals surface area contributed by atoms with Crippen LogP contribution < -0.4 is 5.32 Å². The van der Waals surface area contributed by atoms with E-state index in [9.17, 15) is 9.90 Å². The largest absolute Gasteiger partial charge is 0.393 e. The molecule has 1 amide bonds. The maximum absolute atomic E-state index is 11.7. The van der Waals surface area contributed by atoms with Crippen LogP contribution in [0.2, 0.25) is 0 Å². The Kier molecular flexibility index (Phi) is 5.22. The molecule has 2 N–H and O–H groups in total. The normalized spacial score (nSPS) is 32.1. The summed E-state index contributed by atoms with van der Waals surface area (Å²) in [7, 11) is 0. The van der Waals surface area contributed by atoms with Crippen LogP contribution in [-0.4, -0.2) is 47.2 Å². The molecule has 19 heavy (non-hydrogen) atoms. The molecule has 2 aliphatic rings. The number of amides is 1. The van der Waals surface area contributed by atoms with E-state index in [0.29, 0.717) is 18.4 Å². The Hall–Kier alpha value is -0.610. The topological polar surface area (TPSA) is 52.6 Å². The summed E-state index contributed by atoms with van der Waals surface area (Å²) in [5, 5.41) is 13.0. The van der Waals surface area contributed by atoms with E-state index < -0.39 is 0 Å². The molecule has 3 atom stereocenters. The van der Waals surface area contributed by atoms with Gasteiger partial charge in [-0.05, 0) is 46.1 Å². The lowest BCUT2D eigenvalue weighted by Gasteiger charge is -2.31. The van der Waals surface area contributed by atoms with Crippen LogP contribution in [0, 0.1) is 5.92 Å². The van der Waals surface area contributed by atoms with Gasteiger partial charge in [-0.25, -0.2) is 0 Å². The van der Waals surface area contributed by atoms with Gasteiger partial charge in [0.1, 0.15) is 0 Å². The zero-order chi connectivity index (χ0) is 13.8. The Balaban J connectivity index is 1.80. The molecule has 2 rings (SSSR count). The van der Waals surface area contributed by atoms with E-state index in [1.54, 1.807) is 0 Å². The number of carbonyl (C=O) groups excluding carboxylic acids is 1. The second-order valence-electron chi connectivity index (χ2n) is 6.38. The van der Waals surface area contributed by atoms with Crippen LogP contribution in [-0.2, 0) is 4.79 Å². The molecular weight excluding hydrogens is 240 g/mol. The van der Waals surface area contributed by atoms with Gasteiger partial charge < -0.3 is 10.4 Å². The Morgan fingerprint density at radius 2 is 2.11 bits per heavy atom. The van der Waals surface area contributed by atoms with Gasteiger partial charge in [0, 0.05) is 31.0 Å². The summed E-state index contributed by atoms with van der Waals surface area (Å²) in [6, 6.07) is 0.725. The molecule has 4 nitrogen and oxygen atoms in total. The molecule has 1 aliphatic heterocycles. The molecule has 1 saturated carbocycles. The Morgan fingerprint density at radius 1 is 1.32 bits per heavy atom. The highest BCUT2D eigenvalue weighted by Gasteiger charge is 2.37. The van der Waals surface area contributed by atoms with E-state index in [1.165, 1.54) is 12.8 Å². The summed E-state index contributed by atoms with van der Waals surface area (Å²) in [5.41, 5.74) is 0. The molecular formula is C15H28N2O2. The molecule has 0 bridgehead atoms. The quantitative estimate of drug-likeness (QED) is 0.795. The van der Waals surface area contributed by atoms with Crippen molar-refractivity contribution in [3.05, 3.63) is 0 Å².